The molecule has 0 spiro atoms. The van der Waals surface area contributed by atoms with E-state index in [1.54, 1.807) is 0 Å². The van der Waals surface area contributed by atoms with E-state index >= 15 is 0 Å². The lowest BCUT2D eigenvalue weighted by Crippen LogP contribution is -2.03. The van der Waals surface area contributed by atoms with Crippen LogP contribution in [-0.4, -0.2) is 19.5 Å². The van der Waals surface area contributed by atoms with E-state index in [-0.39, 0.29) is 0 Å². The van der Waals surface area contributed by atoms with Gasteiger partial charge in [-0.25, -0.2) is 15.0 Å². The molecule has 9 aromatic rings. The van der Waals surface area contributed by atoms with Crippen LogP contribution in [0.4, 0.5) is 0 Å². The van der Waals surface area contributed by atoms with E-state index in [1.807, 2.05) is 60.7 Å². The van der Waals surface area contributed by atoms with Gasteiger partial charge in [0.05, 0.1) is 22.1 Å². The van der Waals surface area contributed by atoms with Gasteiger partial charge in [0.25, 0.3) is 0 Å². The minimum atomic E-state index is 0.611. The van der Waals surface area contributed by atoms with Gasteiger partial charge in [0.1, 0.15) is 11.5 Å². The molecule has 10 rings (SSSR count). The number of hydrogen-bond acceptors (Lipinski definition) is 4. The molecular weight excluding hydrogens is 589 g/mol. The molecule has 0 bridgehead atoms. The van der Waals surface area contributed by atoms with Crippen LogP contribution in [0.5, 0.6) is 11.5 Å². The maximum atomic E-state index is 6.62. The standard InChI is InChI=1S/C43H26N4O/c1-4-14-27(15-5-1)32-26-35-40-38-30(32)21-12-24-36(38)48-37-25-13-23-34(39(37)40)47(35)33-22-11-10-20-31(33)43-45-41(28-16-6-2-7-17-28)44-42(46-43)29-18-8-3-9-19-29/h1-26H. The monoisotopic (exact) mass is 614 g/mol. The van der Waals surface area contributed by atoms with Crippen LogP contribution >= 0.6 is 0 Å². The van der Waals surface area contributed by atoms with Crippen LogP contribution < -0.4 is 4.74 Å². The Labute approximate surface area is 276 Å². The number of para-hydroxylation sites is 1. The van der Waals surface area contributed by atoms with Crippen molar-refractivity contribution in [3.05, 3.63) is 158 Å². The van der Waals surface area contributed by atoms with Gasteiger partial charge < -0.3 is 9.30 Å². The van der Waals surface area contributed by atoms with Crippen LogP contribution in [0.1, 0.15) is 0 Å². The third-order valence-corrected chi connectivity index (χ3v) is 9.23. The van der Waals surface area contributed by atoms with Gasteiger partial charge in [0.15, 0.2) is 17.5 Å². The summed E-state index contributed by atoms with van der Waals surface area (Å²) in [5.41, 5.74) is 8.25. The first-order valence-electron chi connectivity index (χ1n) is 16.0. The smallest absolute Gasteiger partial charge is 0.166 e. The molecule has 0 aliphatic carbocycles. The second kappa shape index (κ2) is 10.5. The van der Waals surface area contributed by atoms with Crippen molar-refractivity contribution < 1.29 is 4.74 Å². The Morgan fingerprint density at radius 3 is 1.65 bits per heavy atom. The Morgan fingerprint density at radius 1 is 0.396 bits per heavy atom. The fraction of sp³-hybridized carbons (Fsp3) is 0. The molecule has 1 aliphatic heterocycles. The molecule has 1 aliphatic rings. The normalized spacial score (nSPS) is 11.9. The molecule has 0 amide bonds. The highest BCUT2D eigenvalue weighted by Gasteiger charge is 2.27. The third kappa shape index (κ3) is 4.01. The van der Waals surface area contributed by atoms with Gasteiger partial charge >= 0.3 is 0 Å². The summed E-state index contributed by atoms with van der Waals surface area (Å²) >= 11 is 0. The molecule has 0 fully saturated rings. The van der Waals surface area contributed by atoms with E-state index in [1.165, 1.54) is 10.8 Å². The number of rotatable bonds is 5. The highest BCUT2D eigenvalue weighted by molar-refractivity contribution is 6.28. The fourth-order valence-electron chi connectivity index (χ4n) is 7.14. The molecule has 0 radical (unpaired) electrons. The number of aromatic nitrogens is 4. The lowest BCUT2D eigenvalue weighted by molar-refractivity contribution is 0.493. The zero-order valence-corrected chi connectivity index (χ0v) is 25.7. The second-order valence-electron chi connectivity index (χ2n) is 12.0. The SMILES string of the molecule is c1ccc(-c2nc(-c3ccccc3)nc(-c3ccccc3-n3c4cccc5c4c4c6c(cccc6c(-c6ccccc6)cc43)O5)n2)cc1. The molecule has 3 heterocycles. The van der Waals surface area contributed by atoms with Crippen molar-refractivity contribution in [2.45, 2.75) is 0 Å². The molecule has 0 atom stereocenters. The first kappa shape index (κ1) is 26.6. The minimum absolute atomic E-state index is 0.611. The third-order valence-electron chi connectivity index (χ3n) is 9.23. The molecule has 5 heteroatoms. The molecule has 0 saturated heterocycles. The molecule has 48 heavy (non-hydrogen) atoms. The molecule has 2 aromatic heterocycles. The van der Waals surface area contributed by atoms with E-state index in [4.69, 9.17) is 19.7 Å². The average molecular weight is 615 g/mol. The van der Waals surface area contributed by atoms with Gasteiger partial charge in [0, 0.05) is 27.5 Å². The maximum Gasteiger partial charge on any atom is 0.166 e. The predicted molar refractivity (Wildman–Crippen MR) is 193 cm³/mol. The summed E-state index contributed by atoms with van der Waals surface area (Å²) in [5, 5.41) is 4.60. The molecule has 5 nitrogen and oxygen atoms in total. The van der Waals surface area contributed by atoms with Gasteiger partial charge in [-0.1, -0.05) is 121 Å². The summed E-state index contributed by atoms with van der Waals surface area (Å²) in [5.74, 6) is 3.61. The Bertz CT molecular complexity index is 2630. The Hall–Kier alpha value is -6.59. The second-order valence-corrected chi connectivity index (χ2v) is 12.0. The van der Waals surface area contributed by atoms with Crippen molar-refractivity contribution >= 4 is 32.6 Å². The van der Waals surface area contributed by atoms with Gasteiger partial charge in [-0.05, 0) is 52.9 Å². The van der Waals surface area contributed by atoms with Crippen molar-refractivity contribution in [2.24, 2.45) is 0 Å². The topological polar surface area (TPSA) is 52.8 Å². The summed E-state index contributed by atoms with van der Waals surface area (Å²) in [4.78, 5) is 15.2. The van der Waals surface area contributed by atoms with E-state index in [9.17, 15) is 0 Å². The summed E-state index contributed by atoms with van der Waals surface area (Å²) in [6.45, 7) is 0. The summed E-state index contributed by atoms with van der Waals surface area (Å²) in [7, 11) is 0. The zero-order chi connectivity index (χ0) is 31.6. The molecule has 0 N–H and O–H groups in total. The predicted octanol–water partition coefficient (Wildman–Crippen LogP) is 10.9. The number of ether oxygens (including phenoxy) is 1. The summed E-state index contributed by atoms with van der Waals surface area (Å²) < 4.78 is 8.98. The maximum absolute atomic E-state index is 6.62. The highest BCUT2D eigenvalue weighted by Crippen LogP contribution is 2.51. The van der Waals surface area contributed by atoms with E-state index < -0.39 is 0 Å². The molecule has 7 aromatic carbocycles. The Kier molecular flexibility index (Phi) is 5.81. The Morgan fingerprint density at radius 2 is 0.958 bits per heavy atom. The van der Waals surface area contributed by atoms with E-state index in [0.717, 1.165) is 66.8 Å². The largest absolute Gasteiger partial charge is 0.456 e. The van der Waals surface area contributed by atoms with Crippen molar-refractivity contribution in [3.8, 4) is 62.5 Å². The van der Waals surface area contributed by atoms with Crippen LogP contribution in [0.15, 0.2) is 158 Å². The van der Waals surface area contributed by atoms with E-state index in [2.05, 4.69) is 102 Å². The average Bonchev–Trinajstić information content (AvgIpc) is 3.50. The summed E-state index contributed by atoms with van der Waals surface area (Å²) in [6.07, 6.45) is 0. The van der Waals surface area contributed by atoms with E-state index in [0.29, 0.717) is 17.5 Å². The van der Waals surface area contributed by atoms with Gasteiger partial charge in [0.2, 0.25) is 0 Å². The molecule has 0 unspecified atom stereocenters. The first-order valence-corrected chi connectivity index (χ1v) is 16.0. The van der Waals surface area contributed by atoms with Crippen molar-refractivity contribution in [2.75, 3.05) is 0 Å². The quantitative estimate of drug-likeness (QED) is 0.194. The lowest BCUT2D eigenvalue weighted by atomic mass is 9.93. The van der Waals surface area contributed by atoms with Crippen LogP contribution in [0.25, 0.3) is 83.6 Å². The van der Waals surface area contributed by atoms with Crippen LogP contribution in [0.2, 0.25) is 0 Å². The van der Waals surface area contributed by atoms with Crippen LogP contribution in [0, 0.1) is 0 Å². The zero-order valence-electron chi connectivity index (χ0n) is 25.7. The lowest BCUT2D eigenvalue weighted by Gasteiger charge is -2.18. The number of nitrogens with zero attached hydrogens (tertiary/aromatic N) is 4. The molecular formula is C43H26N4O. The summed E-state index contributed by atoms with van der Waals surface area (Å²) in [6, 6.07) is 54.2. The van der Waals surface area contributed by atoms with Crippen LogP contribution in [0.3, 0.4) is 0 Å². The number of benzene rings is 7. The highest BCUT2D eigenvalue weighted by atomic mass is 16.5. The molecule has 0 saturated carbocycles. The molecule has 224 valence electrons. The Balaban J connectivity index is 1.31. The first-order chi connectivity index (χ1) is 23.8. The van der Waals surface area contributed by atoms with Crippen LogP contribution in [-0.2, 0) is 0 Å². The minimum Gasteiger partial charge on any atom is -0.456 e. The van der Waals surface area contributed by atoms with Crippen molar-refractivity contribution in [3.63, 3.8) is 0 Å². The fourth-order valence-corrected chi connectivity index (χ4v) is 7.14. The van der Waals surface area contributed by atoms with Gasteiger partial charge in [-0.15, -0.1) is 0 Å². The van der Waals surface area contributed by atoms with Crippen molar-refractivity contribution in [1.29, 1.82) is 0 Å². The van der Waals surface area contributed by atoms with Crippen molar-refractivity contribution in [1.82, 2.24) is 19.5 Å². The number of hydrogen-bond donors (Lipinski definition) is 0. The van der Waals surface area contributed by atoms with Gasteiger partial charge in [-0.3, -0.25) is 0 Å². The van der Waals surface area contributed by atoms with Gasteiger partial charge in [-0.2, -0.15) is 0 Å².